The van der Waals surface area contributed by atoms with E-state index in [1.807, 2.05) is 6.92 Å². The quantitative estimate of drug-likeness (QED) is 0.593. The number of fused-ring (bicyclic) bond motifs is 1. The lowest BCUT2D eigenvalue weighted by molar-refractivity contribution is 1.11. The molecule has 1 aromatic carbocycles. The summed E-state index contributed by atoms with van der Waals surface area (Å²) in [4.78, 5) is 3.91. The number of hydrogen-bond donors (Lipinski definition) is 1. The van der Waals surface area contributed by atoms with Crippen molar-refractivity contribution in [3.63, 3.8) is 0 Å². The summed E-state index contributed by atoms with van der Waals surface area (Å²) in [6.07, 6.45) is 1.25. The van der Waals surface area contributed by atoms with E-state index in [1.165, 1.54) is 6.33 Å². The molecule has 2 N–H and O–H groups in total. The van der Waals surface area contributed by atoms with Gasteiger partial charge in [-0.05, 0) is 24.6 Å². The van der Waals surface area contributed by atoms with Crippen molar-refractivity contribution in [3.8, 4) is 0 Å². The molecular formula is C8H8N3O-. The molecular weight excluding hydrogens is 154 g/mol. The third-order valence-electron chi connectivity index (χ3n) is 1.82. The lowest BCUT2D eigenvalue weighted by Gasteiger charge is -2.08. The molecule has 0 fully saturated rings. The number of benzene rings is 1. The van der Waals surface area contributed by atoms with E-state index >= 15 is 0 Å². The van der Waals surface area contributed by atoms with Crippen molar-refractivity contribution < 1.29 is 0 Å². The average Bonchev–Trinajstić information content (AvgIpc) is 2.31. The minimum atomic E-state index is 0.601. The highest BCUT2D eigenvalue weighted by molar-refractivity contribution is 5.82. The molecule has 2 aromatic rings. The minimum Gasteiger partial charge on any atom is -0.805 e. The number of rotatable bonds is 0. The van der Waals surface area contributed by atoms with E-state index in [9.17, 15) is 5.21 Å². The highest BCUT2D eigenvalue weighted by atomic mass is 16.5. The fraction of sp³-hybridized carbons (Fsp3) is 0.125. The number of aryl methyl sites for hydroxylation is 1. The van der Waals surface area contributed by atoms with Gasteiger partial charge in [0.2, 0.25) is 0 Å². The SMILES string of the molecule is Cc1cc(N)cc2ncn([O-])c12. The van der Waals surface area contributed by atoms with Crippen molar-refractivity contribution in [2.75, 3.05) is 5.73 Å². The second-order valence-electron chi connectivity index (χ2n) is 2.78. The third-order valence-corrected chi connectivity index (χ3v) is 1.82. The van der Waals surface area contributed by atoms with Gasteiger partial charge < -0.3 is 15.7 Å². The summed E-state index contributed by atoms with van der Waals surface area (Å²) in [5.41, 5.74) is 8.34. The summed E-state index contributed by atoms with van der Waals surface area (Å²) in [5, 5.41) is 11.1. The van der Waals surface area contributed by atoms with Crippen LogP contribution in [0.5, 0.6) is 0 Å². The molecule has 62 valence electrons. The monoisotopic (exact) mass is 162 g/mol. The Morgan fingerprint density at radius 1 is 1.50 bits per heavy atom. The molecule has 0 aliphatic heterocycles. The van der Waals surface area contributed by atoms with Crippen molar-refractivity contribution in [1.29, 1.82) is 0 Å². The van der Waals surface area contributed by atoms with Crippen LogP contribution in [0.2, 0.25) is 0 Å². The summed E-state index contributed by atoms with van der Waals surface area (Å²) in [6, 6.07) is 3.45. The molecule has 4 heteroatoms. The second kappa shape index (κ2) is 2.14. The molecule has 0 unspecified atom stereocenters. The molecule has 0 amide bonds. The second-order valence-corrected chi connectivity index (χ2v) is 2.78. The third kappa shape index (κ3) is 0.812. The van der Waals surface area contributed by atoms with Crippen LogP contribution >= 0.6 is 0 Å². The summed E-state index contributed by atoms with van der Waals surface area (Å²) in [7, 11) is 0. The maximum Gasteiger partial charge on any atom is 0.0911 e. The Hall–Kier alpha value is -1.71. The minimum absolute atomic E-state index is 0.601. The molecule has 0 aliphatic rings. The average molecular weight is 162 g/mol. The number of nitrogens with two attached hydrogens (primary N) is 1. The molecule has 12 heavy (non-hydrogen) atoms. The molecule has 0 radical (unpaired) electrons. The maximum atomic E-state index is 11.1. The Balaban J connectivity index is 2.93. The molecule has 1 aromatic heterocycles. The lowest BCUT2D eigenvalue weighted by atomic mass is 10.2. The molecule has 0 spiro atoms. The first-order chi connectivity index (χ1) is 5.68. The van der Waals surface area contributed by atoms with Crippen LogP contribution in [0.4, 0.5) is 5.69 Å². The van der Waals surface area contributed by atoms with Crippen molar-refractivity contribution >= 4 is 16.7 Å². The van der Waals surface area contributed by atoms with Crippen LogP contribution in [0.25, 0.3) is 11.0 Å². The van der Waals surface area contributed by atoms with Gasteiger partial charge in [0.25, 0.3) is 0 Å². The largest absolute Gasteiger partial charge is 0.805 e. The maximum absolute atomic E-state index is 11.1. The predicted molar refractivity (Wildman–Crippen MR) is 47.6 cm³/mol. The van der Waals surface area contributed by atoms with Crippen LogP contribution < -0.4 is 5.73 Å². The van der Waals surface area contributed by atoms with Gasteiger partial charge in [0.15, 0.2) is 0 Å². The molecule has 1 heterocycles. The fourth-order valence-corrected chi connectivity index (χ4v) is 1.35. The molecule has 0 atom stereocenters. The normalized spacial score (nSPS) is 10.8. The number of nitrogen functional groups attached to an aromatic ring is 1. The van der Waals surface area contributed by atoms with Crippen LogP contribution in [0, 0.1) is 12.1 Å². The van der Waals surface area contributed by atoms with Crippen LogP contribution in [0.3, 0.4) is 0 Å². The van der Waals surface area contributed by atoms with E-state index in [4.69, 9.17) is 5.73 Å². The van der Waals surface area contributed by atoms with Crippen molar-refractivity contribution in [2.45, 2.75) is 6.92 Å². The van der Waals surface area contributed by atoms with Gasteiger partial charge in [0, 0.05) is 5.69 Å². The number of nitrogens with zero attached hydrogens (tertiary/aromatic N) is 2. The number of aromatic nitrogens is 2. The molecule has 0 saturated carbocycles. The van der Waals surface area contributed by atoms with Crippen molar-refractivity contribution in [3.05, 3.63) is 29.2 Å². The Labute approximate surface area is 69.2 Å². The predicted octanol–water partition coefficient (Wildman–Crippen LogP) is 1.27. The molecule has 0 bridgehead atoms. The standard InChI is InChI=1S/C8H8N3O/c1-5-2-6(9)3-7-8(5)11(12)4-10-7/h2-4H,9H2,1H3/q-1. The first-order valence-electron chi connectivity index (χ1n) is 3.59. The van der Waals surface area contributed by atoms with E-state index in [-0.39, 0.29) is 0 Å². The Kier molecular flexibility index (Phi) is 1.24. The van der Waals surface area contributed by atoms with Gasteiger partial charge in [0.05, 0.1) is 17.4 Å². The van der Waals surface area contributed by atoms with Crippen LogP contribution in [-0.2, 0) is 0 Å². The Bertz CT molecular complexity index is 433. The molecule has 4 nitrogen and oxygen atoms in total. The van der Waals surface area contributed by atoms with E-state index in [0.29, 0.717) is 16.7 Å². The van der Waals surface area contributed by atoms with Crippen molar-refractivity contribution in [1.82, 2.24) is 9.71 Å². The highest BCUT2D eigenvalue weighted by Crippen LogP contribution is 2.19. The zero-order chi connectivity index (χ0) is 8.72. The Morgan fingerprint density at radius 3 is 3.00 bits per heavy atom. The number of hydrogen-bond acceptors (Lipinski definition) is 3. The van der Waals surface area contributed by atoms with Gasteiger partial charge in [-0.2, -0.15) is 0 Å². The van der Waals surface area contributed by atoms with Crippen molar-refractivity contribution in [2.24, 2.45) is 0 Å². The summed E-state index contributed by atoms with van der Waals surface area (Å²) in [6.45, 7) is 1.84. The smallest absolute Gasteiger partial charge is 0.0911 e. The van der Waals surface area contributed by atoms with Gasteiger partial charge >= 0.3 is 0 Å². The van der Waals surface area contributed by atoms with Gasteiger partial charge in [-0.1, -0.05) is 0 Å². The highest BCUT2D eigenvalue weighted by Gasteiger charge is 2.01. The summed E-state index contributed by atoms with van der Waals surface area (Å²) < 4.78 is 0.754. The molecule has 0 saturated heterocycles. The van der Waals surface area contributed by atoms with Gasteiger partial charge in [-0.3, -0.25) is 0 Å². The lowest BCUT2D eigenvalue weighted by Crippen LogP contribution is -1.89. The Morgan fingerprint density at radius 2 is 2.25 bits per heavy atom. The topological polar surface area (TPSA) is 66.9 Å². The zero-order valence-electron chi connectivity index (χ0n) is 6.61. The first-order valence-corrected chi connectivity index (χ1v) is 3.59. The summed E-state index contributed by atoms with van der Waals surface area (Å²) >= 11 is 0. The van der Waals surface area contributed by atoms with Crippen LogP contribution in [-0.4, -0.2) is 9.71 Å². The van der Waals surface area contributed by atoms with E-state index in [2.05, 4.69) is 4.98 Å². The first kappa shape index (κ1) is 6.97. The van der Waals surface area contributed by atoms with E-state index in [0.717, 1.165) is 10.3 Å². The molecule has 0 aliphatic carbocycles. The molecule has 2 rings (SSSR count). The van der Waals surface area contributed by atoms with E-state index < -0.39 is 0 Å². The van der Waals surface area contributed by atoms with E-state index in [1.54, 1.807) is 12.1 Å². The van der Waals surface area contributed by atoms with Gasteiger partial charge in [0.1, 0.15) is 0 Å². The zero-order valence-corrected chi connectivity index (χ0v) is 6.61. The van der Waals surface area contributed by atoms with Crippen LogP contribution in [0.15, 0.2) is 18.5 Å². The van der Waals surface area contributed by atoms with Crippen LogP contribution in [0.1, 0.15) is 5.56 Å². The van der Waals surface area contributed by atoms with Gasteiger partial charge in [-0.25, -0.2) is 4.98 Å². The van der Waals surface area contributed by atoms with Gasteiger partial charge in [-0.15, -0.1) is 0 Å². The number of imidazole rings is 1. The summed E-state index contributed by atoms with van der Waals surface area (Å²) in [5.74, 6) is 0. The number of anilines is 1. The fourth-order valence-electron chi connectivity index (χ4n) is 1.35.